The van der Waals surface area contributed by atoms with Crippen LogP contribution in [0.1, 0.15) is 102 Å². The van der Waals surface area contributed by atoms with E-state index in [4.69, 9.17) is 0 Å². The first kappa shape index (κ1) is 24.4. The zero-order valence-corrected chi connectivity index (χ0v) is 24.2. The highest BCUT2D eigenvalue weighted by molar-refractivity contribution is 6.03. The average Bonchev–Trinajstić information content (AvgIpc) is 3.25. The first-order valence-electron chi connectivity index (χ1n) is 14.1. The summed E-state index contributed by atoms with van der Waals surface area (Å²) in [6.45, 7) is 19.8. The van der Waals surface area contributed by atoms with E-state index in [0.29, 0.717) is 11.8 Å². The molecule has 6 rings (SSSR count). The summed E-state index contributed by atoms with van der Waals surface area (Å²) in [5, 5.41) is 0. The van der Waals surface area contributed by atoms with E-state index in [1.54, 1.807) is 0 Å². The predicted molar refractivity (Wildman–Crippen MR) is 160 cm³/mol. The summed E-state index contributed by atoms with van der Waals surface area (Å²) in [5.74, 6) is 1.00. The Morgan fingerprint density at radius 3 is 1.76 bits per heavy atom. The van der Waals surface area contributed by atoms with Crippen molar-refractivity contribution in [2.75, 3.05) is 28.4 Å². The summed E-state index contributed by atoms with van der Waals surface area (Å²) >= 11 is 0. The number of para-hydroxylation sites is 1. The second kappa shape index (κ2) is 8.03. The van der Waals surface area contributed by atoms with Crippen molar-refractivity contribution in [2.24, 2.45) is 0 Å². The molecule has 0 N–H and O–H groups in total. The summed E-state index contributed by atoms with van der Waals surface area (Å²) in [4.78, 5) is 7.54. The van der Waals surface area contributed by atoms with Crippen LogP contribution in [0.15, 0.2) is 48.5 Å². The van der Waals surface area contributed by atoms with Gasteiger partial charge in [0.15, 0.2) is 0 Å². The molecule has 0 spiro atoms. The number of fused-ring (bicyclic) bond motifs is 3. The van der Waals surface area contributed by atoms with Crippen LogP contribution in [0.4, 0.5) is 34.1 Å². The molecule has 194 valence electrons. The molecule has 0 atom stereocenters. The van der Waals surface area contributed by atoms with Gasteiger partial charge in [-0.2, -0.15) is 0 Å². The van der Waals surface area contributed by atoms with Crippen molar-refractivity contribution in [3.8, 4) is 0 Å². The van der Waals surface area contributed by atoms with Gasteiger partial charge in [-0.05, 0) is 94.2 Å². The maximum atomic E-state index is 2.58. The molecule has 0 radical (unpaired) electrons. The smallest absolute Gasteiger partial charge is 0.100 e. The summed E-state index contributed by atoms with van der Waals surface area (Å²) in [6.07, 6.45) is 2.47. The Hall–Kier alpha value is -2.94. The van der Waals surface area contributed by atoms with Crippen LogP contribution in [0.25, 0.3) is 0 Å². The van der Waals surface area contributed by atoms with Gasteiger partial charge in [-0.1, -0.05) is 67.5 Å². The van der Waals surface area contributed by atoms with E-state index in [1.807, 2.05) is 0 Å². The minimum absolute atomic E-state index is 0.190. The number of anilines is 6. The van der Waals surface area contributed by atoms with Crippen LogP contribution in [-0.4, -0.2) is 13.7 Å². The lowest BCUT2D eigenvalue weighted by atomic mass is 9.63. The van der Waals surface area contributed by atoms with Crippen LogP contribution in [0.3, 0.4) is 0 Å². The minimum Gasteiger partial charge on any atom is -0.341 e. The van der Waals surface area contributed by atoms with Crippen LogP contribution >= 0.6 is 0 Å². The van der Waals surface area contributed by atoms with Crippen LogP contribution in [0.2, 0.25) is 0 Å². The number of benzene rings is 3. The Morgan fingerprint density at radius 1 is 0.649 bits per heavy atom. The molecule has 2 heterocycles. The number of hydrogen-bond acceptors (Lipinski definition) is 3. The van der Waals surface area contributed by atoms with Gasteiger partial charge in [-0.3, -0.25) is 0 Å². The van der Waals surface area contributed by atoms with Crippen molar-refractivity contribution in [3.63, 3.8) is 0 Å². The third kappa shape index (κ3) is 3.60. The lowest BCUT2D eigenvalue weighted by Gasteiger charge is -2.44. The molecule has 0 saturated heterocycles. The van der Waals surface area contributed by atoms with Crippen molar-refractivity contribution in [1.29, 1.82) is 0 Å². The Morgan fingerprint density at radius 2 is 1.19 bits per heavy atom. The second-order valence-corrected chi connectivity index (χ2v) is 13.5. The highest BCUT2D eigenvalue weighted by Gasteiger charge is 2.42. The molecule has 0 fully saturated rings. The van der Waals surface area contributed by atoms with Gasteiger partial charge in [0.05, 0.1) is 28.4 Å². The molecule has 0 aromatic heterocycles. The minimum atomic E-state index is 0.190. The first-order valence-corrected chi connectivity index (χ1v) is 14.1. The van der Waals surface area contributed by atoms with E-state index in [0.717, 1.165) is 6.67 Å². The van der Waals surface area contributed by atoms with Gasteiger partial charge in [0, 0.05) is 12.7 Å². The van der Waals surface area contributed by atoms with E-state index in [1.165, 1.54) is 69.2 Å². The van der Waals surface area contributed by atoms with E-state index in [-0.39, 0.29) is 10.8 Å². The third-order valence-corrected chi connectivity index (χ3v) is 9.41. The van der Waals surface area contributed by atoms with Crippen LogP contribution in [-0.2, 0) is 10.8 Å². The van der Waals surface area contributed by atoms with Crippen molar-refractivity contribution in [2.45, 2.75) is 90.9 Å². The van der Waals surface area contributed by atoms with Gasteiger partial charge >= 0.3 is 0 Å². The van der Waals surface area contributed by atoms with Crippen LogP contribution < -0.4 is 14.7 Å². The molecular weight excluding hydrogens is 450 g/mol. The molecule has 3 aromatic rings. The molecule has 0 saturated carbocycles. The highest BCUT2D eigenvalue weighted by Crippen LogP contribution is 2.58. The Bertz CT molecular complexity index is 1370. The van der Waals surface area contributed by atoms with E-state index >= 15 is 0 Å². The van der Waals surface area contributed by atoms with Gasteiger partial charge in [0.1, 0.15) is 6.67 Å². The van der Waals surface area contributed by atoms with Gasteiger partial charge in [0.2, 0.25) is 0 Å². The number of hydrogen-bond donors (Lipinski definition) is 0. The Kier molecular flexibility index (Phi) is 5.29. The quantitative estimate of drug-likeness (QED) is 0.359. The molecule has 0 unspecified atom stereocenters. The third-order valence-electron chi connectivity index (χ3n) is 9.41. The first-order chi connectivity index (χ1) is 17.4. The lowest BCUT2D eigenvalue weighted by Crippen LogP contribution is -2.36. The van der Waals surface area contributed by atoms with E-state index in [9.17, 15) is 0 Å². The lowest BCUT2D eigenvalue weighted by molar-refractivity contribution is 0.332. The van der Waals surface area contributed by atoms with Gasteiger partial charge in [-0.25, -0.2) is 0 Å². The van der Waals surface area contributed by atoms with Crippen LogP contribution in [0.5, 0.6) is 0 Å². The van der Waals surface area contributed by atoms with Crippen molar-refractivity contribution in [1.82, 2.24) is 0 Å². The van der Waals surface area contributed by atoms with Gasteiger partial charge < -0.3 is 14.7 Å². The molecular formula is C34H43N3. The van der Waals surface area contributed by atoms with Gasteiger partial charge in [-0.15, -0.1) is 0 Å². The molecule has 3 aliphatic rings. The second-order valence-electron chi connectivity index (χ2n) is 13.5. The highest BCUT2D eigenvalue weighted by atomic mass is 15.4. The zero-order chi connectivity index (χ0) is 26.4. The summed E-state index contributed by atoms with van der Waals surface area (Å²) < 4.78 is 0. The normalized spacial score (nSPS) is 18.8. The molecule has 3 heteroatoms. The fourth-order valence-corrected chi connectivity index (χ4v) is 6.68. The van der Waals surface area contributed by atoms with E-state index in [2.05, 4.69) is 126 Å². The molecule has 2 aliphatic heterocycles. The molecule has 3 nitrogen and oxygen atoms in total. The van der Waals surface area contributed by atoms with Crippen molar-refractivity contribution < 1.29 is 0 Å². The average molecular weight is 494 g/mol. The maximum absolute atomic E-state index is 2.58. The zero-order valence-electron chi connectivity index (χ0n) is 24.2. The fraction of sp³-hybridized carbons (Fsp3) is 0.471. The molecule has 0 amide bonds. The Balaban J connectivity index is 1.54. The molecule has 3 aromatic carbocycles. The topological polar surface area (TPSA) is 9.72 Å². The number of rotatable bonds is 3. The predicted octanol–water partition coefficient (Wildman–Crippen LogP) is 9.61. The van der Waals surface area contributed by atoms with E-state index < -0.39 is 0 Å². The largest absolute Gasteiger partial charge is 0.341 e. The Labute approximate surface area is 224 Å². The molecule has 1 aliphatic carbocycles. The maximum Gasteiger partial charge on any atom is 0.100 e. The van der Waals surface area contributed by atoms with Crippen molar-refractivity contribution >= 4 is 34.1 Å². The summed E-state index contributed by atoms with van der Waals surface area (Å²) in [6, 6.07) is 19.1. The van der Waals surface area contributed by atoms with Gasteiger partial charge in [0.25, 0.3) is 0 Å². The number of nitrogens with zero attached hydrogens (tertiary/aromatic N) is 3. The molecule has 37 heavy (non-hydrogen) atoms. The fourth-order valence-electron chi connectivity index (χ4n) is 6.68. The summed E-state index contributed by atoms with van der Waals surface area (Å²) in [5.41, 5.74) is 14.2. The standard InChI is InChI=1S/C34H43N3/c1-21(2)23-15-24(22(3)4)17-25(16-23)36-20-37-31-19-27-26(33(5,6)13-14-34(27,7)8)18-30(31)35(9)28-11-10-12-29(36)32(28)37/h10-12,15-19,21-22H,13-14,20H2,1-9H3. The van der Waals surface area contributed by atoms with Crippen LogP contribution in [0, 0.1) is 0 Å². The summed E-state index contributed by atoms with van der Waals surface area (Å²) in [7, 11) is 2.25. The molecule has 0 bridgehead atoms. The SMILES string of the molecule is CC(C)c1cc(C(C)C)cc(N2CN3c4cc5c(cc4N(C)c4cccc2c43)C(C)(C)CCC5(C)C)c1. The van der Waals surface area contributed by atoms with Crippen molar-refractivity contribution in [3.05, 3.63) is 70.8 Å². The monoisotopic (exact) mass is 493 g/mol.